The van der Waals surface area contributed by atoms with Crippen LogP contribution in [0.3, 0.4) is 0 Å². The van der Waals surface area contributed by atoms with Crippen molar-refractivity contribution in [2.75, 3.05) is 12.3 Å². The number of rotatable bonds is 6. The quantitative estimate of drug-likeness (QED) is 0.270. The van der Waals surface area contributed by atoms with Crippen molar-refractivity contribution in [1.82, 2.24) is 15.3 Å². The molecule has 6 N–H and O–H groups in total. The molecule has 0 spiro atoms. The molecule has 11 heteroatoms. The zero-order valence-electron chi connectivity index (χ0n) is 19.0. The highest BCUT2D eigenvalue weighted by Crippen LogP contribution is 2.34. The van der Waals surface area contributed by atoms with Crippen LogP contribution < -0.4 is 11.1 Å². The predicted molar refractivity (Wildman–Crippen MR) is 137 cm³/mol. The molecule has 3 aromatic rings. The molecule has 1 aliphatic carbocycles. The van der Waals surface area contributed by atoms with Crippen LogP contribution >= 0.6 is 22.6 Å². The second kappa shape index (κ2) is 11.1. The predicted octanol–water partition coefficient (Wildman–Crippen LogP) is 3.06. The summed E-state index contributed by atoms with van der Waals surface area (Å²) in [5.41, 5.74) is 7.20. The van der Waals surface area contributed by atoms with Crippen molar-refractivity contribution in [3.63, 3.8) is 0 Å². The van der Waals surface area contributed by atoms with Crippen LogP contribution in [0.4, 0.5) is 14.6 Å². The van der Waals surface area contributed by atoms with Gasteiger partial charge < -0.3 is 26.4 Å². The van der Waals surface area contributed by atoms with Gasteiger partial charge in [0.2, 0.25) is 0 Å². The number of nitrogens with two attached hydrogens (primary N) is 1. The summed E-state index contributed by atoms with van der Waals surface area (Å²) in [4.78, 5) is 21.5. The summed E-state index contributed by atoms with van der Waals surface area (Å²) >= 11 is 1.92. The molecule has 0 radical (unpaired) electrons. The second-order valence-corrected chi connectivity index (χ2v) is 10.0. The van der Waals surface area contributed by atoms with Crippen molar-refractivity contribution in [2.24, 2.45) is 0 Å². The van der Waals surface area contributed by atoms with E-state index >= 15 is 4.39 Å². The van der Waals surface area contributed by atoms with Crippen LogP contribution in [0, 0.1) is 15.2 Å². The zero-order chi connectivity index (χ0) is 26.0. The van der Waals surface area contributed by atoms with Crippen LogP contribution in [-0.2, 0) is 0 Å². The van der Waals surface area contributed by atoms with Crippen LogP contribution in [-0.4, -0.2) is 50.0 Å². The summed E-state index contributed by atoms with van der Waals surface area (Å²) < 4.78 is 29.4. The van der Waals surface area contributed by atoms with Crippen molar-refractivity contribution in [3.05, 3.63) is 74.6 Å². The van der Waals surface area contributed by atoms with E-state index in [1.54, 1.807) is 6.07 Å². The Balaban J connectivity index is 1.56. The standard InChI is InChI=1S/C25H25F2IN4O4/c26-15-5-14(6-16(28)9-15)20(11-33)32-25(36)17-3-1-13(7-18(17)27)23-24(29)30-10-19(31-23)12-2-4-21(34)22(35)8-12/h1,3,5-7,9-10,12,20-22,33-35H,2,4,8,11H2,(H2,29,30)(H,32,36)/t12-,20-,21-,22-/m1/s1. The number of nitrogens with one attached hydrogen (secondary N) is 1. The molecule has 0 bridgehead atoms. The Morgan fingerprint density at radius 3 is 2.61 bits per heavy atom. The Labute approximate surface area is 219 Å². The molecule has 4 rings (SSSR count). The fraction of sp³-hybridized carbons (Fsp3) is 0.320. The molecule has 0 aliphatic heterocycles. The zero-order valence-corrected chi connectivity index (χ0v) is 21.2. The fourth-order valence-electron chi connectivity index (χ4n) is 4.31. The van der Waals surface area contributed by atoms with Gasteiger partial charge in [-0.25, -0.2) is 18.7 Å². The molecular weight excluding hydrogens is 585 g/mol. The maximum absolute atomic E-state index is 15.0. The van der Waals surface area contributed by atoms with Crippen molar-refractivity contribution >= 4 is 34.3 Å². The van der Waals surface area contributed by atoms with E-state index < -0.39 is 42.4 Å². The normalized spacial score (nSPS) is 20.7. The summed E-state index contributed by atoms with van der Waals surface area (Å²) in [6, 6.07) is 7.08. The SMILES string of the molecule is Nc1ncc([C@@H]2CC[C@@H](O)[C@H](O)C2)nc1-c1ccc(C(=O)N[C@H](CO)c2cc(F)cc(I)c2)c(F)c1. The third kappa shape index (κ3) is 5.80. The van der Waals surface area contributed by atoms with Crippen molar-refractivity contribution in [1.29, 1.82) is 0 Å². The lowest BCUT2D eigenvalue weighted by atomic mass is 9.83. The topological polar surface area (TPSA) is 142 Å². The number of nitrogens with zero attached hydrogens (tertiary/aromatic N) is 2. The molecule has 4 atom stereocenters. The van der Waals surface area contributed by atoms with Crippen LogP contribution in [0.1, 0.15) is 52.8 Å². The number of aromatic nitrogens is 2. The lowest BCUT2D eigenvalue weighted by molar-refractivity contribution is -0.0153. The summed E-state index contributed by atoms with van der Waals surface area (Å²) in [5, 5.41) is 32.0. The van der Waals surface area contributed by atoms with Gasteiger partial charge in [-0.05, 0) is 77.7 Å². The number of amides is 1. The number of aliphatic hydroxyl groups is 3. The first-order chi connectivity index (χ1) is 17.2. The molecule has 2 aromatic carbocycles. The monoisotopic (exact) mass is 610 g/mol. The van der Waals surface area contributed by atoms with Gasteiger partial charge in [-0.3, -0.25) is 4.79 Å². The number of benzene rings is 2. The number of hydrogen-bond acceptors (Lipinski definition) is 7. The summed E-state index contributed by atoms with van der Waals surface area (Å²) in [7, 11) is 0. The molecule has 1 amide bonds. The highest BCUT2D eigenvalue weighted by Gasteiger charge is 2.30. The molecule has 1 heterocycles. The number of carbonyl (C=O) groups is 1. The molecular formula is C25H25F2IN4O4. The number of aliphatic hydroxyl groups excluding tert-OH is 3. The number of halogens is 3. The maximum atomic E-state index is 15.0. The molecule has 1 saturated carbocycles. The molecule has 190 valence electrons. The van der Waals surface area contributed by atoms with Crippen LogP contribution in [0.15, 0.2) is 42.6 Å². The number of anilines is 1. The van der Waals surface area contributed by atoms with Crippen LogP contribution in [0.25, 0.3) is 11.3 Å². The largest absolute Gasteiger partial charge is 0.394 e. The first-order valence-electron chi connectivity index (χ1n) is 11.3. The van der Waals surface area contributed by atoms with E-state index in [4.69, 9.17) is 5.73 Å². The average molecular weight is 610 g/mol. The van der Waals surface area contributed by atoms with Gasteiger partial charge in [-0.2, -0.15) is 0 Å². The second-order valence-electron chi connectivity index (χ2n) is 8.78. The molecule has 36 heavy (non-hydrogen) atoms. The minimum absolute atomic E-state index is 0.0767. The van der Waals surface area contributed by atoms with Crippen molar-refractivity contribution < 1.29 is 28.9 Å². The fourth-order valence-corrected chi connectivity index (χ4v) is 4.97. The first kappa shape index (κ1) is 26.3. The van der Waals surface area contributed by atoms with Gasteiger partial charge in [-0.15, -0.1) is 0 Å². The molecule has 0 unspecified atom stereocenters. The van der Waals surface area contributed by atoms with Gasteiger partial charge in [-0.1, -0.05) is 6.07 Å². The van der Waals surface area contributed by atoms with E-state index in [2.05, 4.69) is 15.3 Å². The third-order valence-electron chi connectivity index (χ3n) is 6.28. The summed E-state index contributed by atoms with van der Waals surface area (Å²) in [5.74, 6) is -2.18. The minimum atomic E-state index is -0.927. The van der Waals surface area contributed by atoms with Crippen LogP contribution in [0.2, 0.25) is 0 Å². The molecule has 1 fully saturated rings. The maximum Gasteiger partial charge on any atom is 0.254 e. The number of nitrogen functional groups attached to an aromatic ring is 1. The number of carbonyl (C=O) groups excluding carboxylic acids is 1. The van der Waals surface area contributed by atoms with Gasteiger partial charge in [0.25, 0.3) is 5.91 Å². The van der Waals surface area contributed by atoms with Gasteiger partial charge in [0.1, 0.15) is 23.1 Å². The lowest BCUT2D eigenvalue weighted by Crippen LogP contribution is -2.33. The molecule has 0 saturated heterocycles. The lowest BCUT2D eigenvalue weighted by Gasteiger charge is -2.29. The highest BCUT2D eigenvalue weighted by molar-refractivity contribution is 14.1. The van der Waals surface area contributed by atoms with Gasteiger partial charge in [0.15, 0.2) is 0 Å². The first-order valence-corrected chi connectivity index (χ1v) is 12.4. The van der Waals surface area contributed by atoms with Gasteiger partial charge >= 0.3 is 0 Å². The minimum Gasteiger partial charge on any atom is -0.394 e. The van der Waals surface area contributed by atoms with E-state index in [1.807, 2.05) is 22.6 Å². The van der Waals surface area contributed by atoms with Gasteiger partial charge in [0.05, 0.1) is 42.3 Å². The summed E-state index contributed by atoms with van der Waals surface area (Å²) in [6.07, 6.45) is 1.23. The van der Waals surface area contributed by atoms with E-state index in [0.717, 1.165) is 6.07 Å². The molecule has 8 nitrogen and oxygen atoms in total. The molecule has 1 aromatic heterocycles. The Bertz CT molecular complexity index is 1260. The van der Waals surface area contributed by atoms with E-state index in [1.165, 1.54) is 30.5 Å². The number of hydrogen-bond donors (Lipinski definition) is 5. The van der Waals surface area contributed by atoms with E-state index in [0.29, 0.717) is 39.7 Å². The average Bonchev–Trinajstić information content (AvgIpc) is 2.83. The van der Waals surface area contributed by atoms with E-state index in [-0.39, 0.29) is 23.0 Å². The summed E-state index contributed by atoms with van der Waals surface area (Å²) in [6.45, 7) is -0.503. The van der Waals surface area contributed by atoms with Crippen molar-refractivity contribution in [3.8, 4) is 11.3 Å². The van der Waals surface area contributed by atoms with Gasteiger partial charge in [0, 0.05) is 15.1 Å². The molecule has 1 aliphatic rings. The van der Waals surface area contributed by atoms with Crippen LogP contribution in [0.5, 0.6) is 0 Å². The van der Waals surface area contributed by atoms with E-state index in [9.17, 15) is 24.5 Å². The Hall–Kier alpha value is -2.74. The van der Waals surface area contributed by atoms with Crippen molar-refractivity contribution in [2.45, 2.75) is 43.4 Å². The highest BCUT2D eigenvalue weighted by atomic mass is 127. The Kier molecular flexibility index (Phi) is 8.13. The smallest absolute Gasteiger partial charge is 0.254 e. The third-order valence-corrected chi connectivity index (χ3v) is 6.90. The Morgan fingerprint density at radius 2 is 1.94 bits per heavy atom. The Morgan fingerprint density at radius 1 is 1.17 bits per heavy atom.